The molecule has 1 aliphatic rings. The van der Waals surface area contributed by atoms with E-state index < -0.39 is 20.2 Å². The van der Waals surface area contributed by atoms with Gasteiger partial charge >= 0.3 is 0 Å². The molecule has 110 valence electrons. The fourth-order valence-electron chi connectivity index (χ4n) is 1.78. The largest absolute Gasteiger partial charge is 0.481 e. The van der Waals surface area contributed by atoms with E-state index in [1.807, 2.05) is 0 Å². The van der Waals surface area contributed by atoms with Gasteiger partial charge in [0.2, 0.25) is 32.7 Å². The predicted octanol–water partition coefficient (Wildman–Crippen LogP) is 0.168. The van der Waals surface area contributed by atoms with Gasteiger partial charge in [0.25, 0.3) is 0 Å². The van der Waals surface area contributed by atoms with Gasteiger partial charge in [-0.15, -0.1) is 0 Å². The lowest BCUT2D eigenvalue weighted by Gasteiger charge is -2.15. The number of amides is 1. The van der Waals surface area contributed by atoms with Crippen molar-refractivity contribution < 1.29 is 22.7 Å². The summed E-state index contributed by atoms with van der Waals surface area (Å²) in [4.78, 5) is 21.0. The molecular formula is C10H12ClN3O5S. The molecule has 0 aliphatic carbocycles. The second-order valence-electron chi connectivity index (χ2n) is 4.06. The standard InChI is InChI=1S/C10H12ClN3O5S/c1-18-7-4-8(19-2)13-10(12-7)14-5-6(3-9(14)15)20(11,16)17/h4,6H,3,5H2,1-2H3. The molecule has 1 saturated heterocycles. The SMILES string of the molecule is COc1cc(OC)nc(N2CC(S(=O)(=O)Cl)CC2=O)n1. The first kappa shape index (κ1) is 14.8. The molecule has 1 aliphatic heterocycles. The number of methoxy groups -OCH3 is 2. The van der Waals surface area contributed by atoms with Gasteiger partial charge in [0.15, 0.2) is 0 Å². The van der Waals surface area contributed by atoms with Crippen molar-refractivity contribution in [2.45, 2.75) is 11.7 Å². The molecule has 1 unspecified atom stereocenters. The quantitative estimate of drug-likeness (QED) is 0.729. The van der Waals surface area contributed by atoms with Crippen molar-refractivity contribution in [2.75, 3.05) is 25.7 Å². The minimum Gasteiger partial charge on any atom is -0.481 e. The first-order chi connectivity index (χ1) is 9.35. The Morgan fingerprint density at radius 3 is 2.25 bits per heavy atom. The summed E-state index contributed by atoms with van der Waals surface area (Å²) in [5.74, 6) is 0.0113. The van der Waals surface area contributed by atoms with Crippen molar-refractivity contribution in [2.24, 2.45) is 0 Å². The normalized spacial score (nSPS) is 19.2. The number of nitrogens with zero attached hydrogens (tertiary/aromatic N) is 3. The summed E-state index contributed by atoms with van der Waals surface area (Å²) in [7, 11) is 4.27. The zero-order chi connectivity index (χ0) is 14.9. The second-order valence-corrected chi connectivity index (χ2v) is 6.97. The second kappa shape index (κ2) is 5.41. The molecule has 1 aromatic rings. The van der Waals surface area contributed by atoms with E-state index in [4.69, 9.17) is 20.2 Å². The van der Waals surface area contributed by atoms with E-state index in [0.29, 0.717) is 0 Å². The molecule has 0 bridgehead atoms. The minimum absolute atomic E-state index is 0.0222. The van der Waals surface area contributed by atoms with E-state index in [1.165, 1.54) is 20.3 Å². The van der Waals surface area contributed by atoms with Crippen molar-refractivity contribution in [3.8, 4) is 11.8 Å². The number of rotatable bonds is 4. The Hall–Kier alpha value is -1.61. The average Bonchev–Trinajstić information content (AvgIpc) is 2.80. The van der Waals surface area contributed by atoms with Crippen LogP contribution in [0, 0.1) is 0 Å². The van der Waals surface area contributed by atoms with Crippen molar-refractivity contribution in [1.82, 2.24) is 9.97 Å². The highest BCUT2D eigenvalue weighted by molar-refractivity contribution is 8.14. The predicted molar refractivity (Wildman–Crippen MR) is 70.7 cm³/mol. The third kappa shape index (κ3) is 2.93. The van der Waals surface area contributed by atoms with Gasteiger partial charge in [0, 0.05) is 23.6 Å². The third-order valence-corrected chi connectivity index (χ3v) is 4.68. The molecule has 0 aromatic carbocycles. The molecule has 0 spiro atoms. The van der Waals surface area contributed by atoms with Crippen LogP contribution in [0.3, 0.4) is 0 Å². The molecule has 1 amide bonds. The first-order valence-corrected chi connectivity index (χ1v) is 7.93. The van der Waals surface area contributed by atoms with Crippen LogP contribution in [0.5, 0.6) is 11.8 Å². The van der Waals surface area contributed by atoms with E-state index in [9.17, 15) is 13.2 Å². The maximum atomic E-state index is 11.9. The number of halogens is 1. The maximum Gasteiger partial charge on any atom is 0.238 e. The molecular weight excluding hydrogens is 310 g/mol. The third-order valence-electron chi connectivity index (χ3n) is 2.81. The molecule has 10 heteroatoms. The van der Waals surface area contributed by atoms with Gasteiger partial charge in [-0.1, -0.05) is 0 Å². The summed E-state index contributed by atoms with van der Waals surface area (Å²) in [6.07, 6.45) is -0.200. The van der Waals surface area contributed by atoms with Gasteiger partial charge in [0.05, 0.1) is 20.3 Å². The van der Waals surface area contributed by atoms with Gasteiger partial charge in [-0.25, -0.2) is 8.42 Å². The molecule has 1 atom stereocenters. The summed E-state index contributed by atoms with van der Waals surface area (Å²) in [6.45, 7) is -0.0962. The molecule has 2 rings (SSSR count). The topological polar surface area (TPSA) is 98.7 Å². The van der Waals surface area contributed by atoms with Gasteiger partial charge < -0.3 is 9.47 Å². The van der Waals surface area contributed by atoms with Crippen LogP contribution in [-0.4, -0.2) is 50.3 Å². The smallest absolute Gasteiger partial charge is 0.238 e. The molecule has 0 saturated carbocycles. The summed E-state index contributed by atoms with van der Waals surface area (Å²) >= 11 is 0. The summed E-state index contributed by atoms with van der Waals surface area (Å²) in [5.41, 5.74) is 0. The maximum absolute atomic E-state index is 11.9. The summed E-state index contributed by atoms with van der Waals surface area (Å²) < 4.78 is 32.5. The average molecular weight is 322 g/mol. The highest BCUT2D eigenvalue weighted by Crippen LogP contribution is 2.27. The highest BCUT2D eigenvalue weighted by atomic mass is 35.7. The lowest BCUT2D eigenvalue weighted by atomic mass is 10.4. The van der Waals surface area contributed by atoms with Crippen LogP contribution in [0.4, 0.5) is 5.95 Å². The zero-order valence-electron chi connectivity index (χ0n) is 10.7. The fourth-order valence-corrected chi connectivity index (χ4v) is 2.81. The summed E-state index contributed by atoms with van der Waals surface area (Å²) in [6, 6.07) is 1.44. The molecule has 0 N–H and O–H groups in total. The number of hydrogen-bond acceptors (Lipinski definition) is 7. The molecule has 1 fully saturated rings. The number of hydrogen-bond donors (Lipinski definition) is 0. The van der Waals surface area contributed by atoms with Crippen LogP contribution in [-0.2, 0) is 13.8 Å². The van der Waals surface area contributed by atoms with Crippen LogP contribution in [0.2, 0.25) is 0 Å². The fraction of sp³-hybridized carbons (Fsp3) is 0.500. The number of ether oxygens (including phenoxy) is 2. The van der Waals surface area contributed by atoms with Gasteiger partial charge in [-0.2, -0.15) is 9.97 Å². The molecule has 2 heterocycles. The van der Waals surface area contributed by atoms with Crippen molar-refractivity contribution in [3.05, 3.63) is 6.07 Å². The Morgan fingerprint density at radius 2 is 1.85 bits per heavy atom. The lowest BCUT2D eigenvalue weighted by Crippen LogP contribution is -2.28. The number of carbonyl (C=O) groups is 1. The number of anilines is 1. The molecule has 1 aromatic heterocycles. The van der Waals surface area contributed by atoms with Gasteiger partial charge in [-0.3, -0.25) is 9.69 Å². The Morgan fingerprint density at radius 1 is 1.30 bits per heavy atom. The Balaban J connectivity index is 2.34. The van der Waals surface area contributed by atoms with Gasteiger partial charge in [0.1, 0.15) is 5.25 Å². The Labute approximate surface area is 120 Å². The zero-order valence-corrected chi connectivity index (χ0v) is 12.3. The van der Waals surface area contributed by atoms with Crippen LogP contribution >= 0.6 is 10.7 Å². The van der Waals surface area contributed by atoms with Crippen LogP contribution in [0.25, 0.3) is 0 Å². The molecule has 0 radical (unpaired) electrons. The van der Waals surface area contributed by atoms with Crippen molar-refractivity contribution >= 4 is 31.6 Å². The van der Waals surface area contributed by atoms with Crippen molar-refractivity contribution in [1.29, 1.82) is 0 Å². The van der Waals surface area contributed by atoms with E-state index in [1.54, 1.807) is 0 Å². The lowest BCUT2D eigenvalue weighted by molar-refractivity contribution is -0.117. The number of carbonyl (C=O) groups excluding carboxylic acids is 1. The molecule has 20 heavy (non-hydrogen) atoms. The highest BCUT2D eigenvalue weighted by Gasteiger charge is 2.39. The van der Waals surface area contributed by atoms with E-state index in [0.717, 1.165) is 4.90 Å². The van der Waals surface area contributed by atoms with Gasteiger partial charge in [-0.05, 0) is 0 Å². The monoisotopic (exact) mass is 321 g/mol. The van der Waals surface area contributed by atoms with E-state index >= 15 is 0 Å². The van der Waals surface area contributed by atoms with Crippen LogP contribution in [0.15, 0.2) is 6.07 Å². The Kier molecular flexibility index (Phi) is 4.00. The van der Waals surface area contributed by atoms with Crippen molar-refractivity contribution in [3.63, 3.8) is 0 Å². The Bertz CT molecular complexity index is 614. The van der Waals surface area contributed by atoms with Crippen LogP contribution in [0.1, 0.15) is 6.42 Å². The summed E-state index contributed by atoms with van der Waals surface area (Å²) in [5, 5.41) is -0.975. The first-order valence-electron chi connectivity index (χ1n) is 5.56. The van der Waals surface area contributed by atoms with Crippen LogP contribution < -0.4 is 14.4 Å². The van der Waals surface area contributed by atoms with E-state index in [2.05, 4.69) is 9.97 Å². The molecule has 8 nitrogen and oxygen atoms in total. The van der Waals surface area contributed by atoms with E-state index in [-0.39, 0.29) is 30.7 Å². The number of aromatic nitrogens is 2. The minimum atomic E-state index is -3.82.